The second kappa shape index (κ2) is 9.52. The Balaban J connectivity index is 1.44. The van der Waals surface area contributed by atoms with Gasteiger partial charge in [-0.2, -0.15) is 0 Å². The first-order valence-corrected chi connectivity index (χ1v) is 10.1. The maximum absolute atomic E-state index is 12.6. The number of carbonyl (C=O) groups excluding carboxylic acids is 2. The summed E-state index contributed by atoms with van der Waals surface area (Å²) in [7, 11) is 1.69. The van der Waals surface area contributed by atoms with Gasteiger partial charge in [0.2, 0.25) is 5.91 Å². The van der Waals surface area contributed by atoms with Crippen molar-refractivity contribution >= 4 is 23.3 Å². The molecular formula is C22H31N5O2+2. The van der Waals surface area contributed by atoms with Crippen LogP contribution in [0.3, 0.4) is 0 Å². The zero-order valence-corrected chi connectivity index (χ0v) is 17.5. The van der Waals surface area contributed by atoms with E-state index in [0.29, 0.717) is 6.54 Å². The Bertz CT molecular complexity index is 848. The van der Waals surface area contributed by atoms with E-state index < -0.39 is 0 Å². The summed E-state index contributed by atoms with van der Waals surface area (Å²) in [6.45, 7) is 8.03. The standard InChI is InChI=1S/C22H29N5O2/c1-17-7-8-18(2)19(14-17)24-21(28)15-25(3)22(29)16-26-10-12-27(13-11-26)20-6-4-5-9-23-20/h4-9,14H,10-13,15-16H2,1-3H3,(H,24,28)/p+2. The van der Waals surface area contributed by atoms with Gasteiger partial charge in [-0.1, -0.05) is 18.2 Å². The molecule has 0 atom stereocenters. The molecule has 3 rings (SSSR count). The van der Waals surface area contributed by atoms with Crippen molar-refractivity contribution in [3.8, 4) is 0 Å². The number of aromatic nitrogens is 1. The quantitative estimate of drug-likeness (QED) is 0.716. The summed E-state index contributed by atoms with van der Waals surface area (Å²) in [4.78, 5) is 33.3. The van der Waals surface area contributed by atoms with Gasteiger partial charge in [0.15, 0.2) is 6.54 Å². The molecule has 7 nitrogen and oxygen atoms in total. The van der Waals surface area contributed by atoms with Crippen LogP contribution in [0.2, 0.25) is 0 Å². The summed E-state index contributed by atoms with van der Waals surface area (Å²) in [5.74, 6) is 0.933. The lowest BCUT2D eigenvalue weighted by atomic mass is 10.1. The van der Waals surface area contributed by atoms with Crippen molar-refractivity contribution in [1.82, 2.24) is 4.90 Å². The van der Waals surface area contributed by atoms with Crippen LogP contribution in [-0.4, -0.2) is 63.0 Å². The molecule has 3 N–H and O–H groups in total. The summed E-state index contributed by atoms with van der Waals surface area (Å²) in [5, 5.41) is 2.91. The monoisotopic (exact) mass is 397 g/mol. The number of quaternary nitrogens is 1. The number of anilines is 2. The molecule has 0 radical (unpaired) electrons. The van der Waals surface area contributed by atoms with Crippen LogP contribution in [0.5, 0.6) is 0 Å². The first-order chi connectivity index (χ1) is 13.9. The molecule has 29 heavy (non-hydrogen) atoms. The molecule has 1 saturated heterocycles. The summed E-state index contributed by atoms with van der Waals surface area (Å²) < 4.78 is 0. The lowest BCUT2D eigenvalue weighted by molar-refractivity contribution is -0.892. The fourth-order valence-electron chi connectivity index (χ4n) is 3.53. The number of pyridine rings is 1. The van der Waals surface area contributed by atoms with Gasteiger partial charge in [0.05, 0.1) is 12.7 Å². The minimum absolute atomic E-state index is 0.00385. The number of hydrogen-bond donors (Lipinski definition) is 2. The van der Waals surface area contributed by atoms with Crippen LogP contribution >= 0.6 is 0 Å². The summed E-state index contributed by atoms with van der Waals surface area (Å²) in [5.41, 5.74) is 2.90. The second-order valence-corrected chi connectivity index (χ2v) is 7.78. The third-order valence-corrected chi connectivity index (χ3v) is 5.38. The van der Waals surface area contributed by atoms with Crippen molar-refractivity contribution in [2.45, 2.75) is 13.8 Å². The lowest BCUT2D eigenvalue weighted by Gasteiger charge is -2.29. The van der Waals surface area contributed by atoms with Crippen LogP contribution in [0, 0.1) is 13.8 Å². The molecule has 2 amide bonds. The molecule has 1 aromatic heterocycles. The first kappa shape index (κ1) is 20.8. The third-order valence-electron chi connectivity index (χ3n) is 5.38. The number of hydrogen-bond acceptors (Lipinski definition) is 3. The molecule has 1 aliphatic heterocycles. The van der Waals surface area contributed by atoms with Crippen molar-refractivity contribution in [3.05, 3.63) is 53.7 Å². The van der Waals surface area contributed by atoms with E-state index in [4.69, 9.17) is 0 Å². The Hall–Kier alpha value is -2.93. The average Bonchev–Trinajstić information content (AvgIpc) is 2.72. The Morgan fingerprint density at radius 2 is 1.93 bits per heavy atom. The highest BCUT2D eigenvalue weighted by Crippen LogP contribution is 2.16. The lowest BCUT2D eigenvalue weighted by Crippen LogP contribution is -3.16. The molecule has 0 unspecified atom stereocenters. The molecule has 1 aromatic carbocycles. The van der Waals surface area contributed by atoms with E-state index in [1.165, 1.54) is 9.80 Å². The van der Waals surface area contributed by atoms with Crippen molar-refractivity contribution in [2.24, 2.45) is 0 Å². The largest absolute Gasteiger partial charge is 0.332 e. The van der Waals surface area contributed by atoms with Crippen LogP contribution in [0.25, 0.3) is 0 Å². The summed E-state index contributed by atoms with van der Waals surface area (Å²) in [6, 6.07) is 12.0. The van der Waals surface area contributed by atoms with Gasteiger partial charge >= 0.3 is 0 Å². The van der Waals surface area contributed by atoms with Gasteiger partial charge in [0.1, 0.15) is 26.2 Å². The minimum atomic E-state index is -0.172. The van der Waals surface area contributed by atoms with Crippen LogP contribution in [0.4, 0.5) is 11.5 Å². The Kier molecular flexibility index (Phi) is 6.82. The molecular weight excluding hydrogens is 366 g/mol. The first-order valence-electron chi connectivity index (χ1n) is 10.1. The fraction of sp³-hybridized carbons (Fsp3) is 0.409. The van der Waals surface area contributed by atoms with Crippen LogP contribution < -0.4 is 20.1 Å². The van der Waals surface area contributed by atoms with E-state index in [0.717, 1.165) is 48.8 Å². The van der Waals surface area contributed by atoms with Gasteiger partial charge < -0.3 is 15.1 Å². The number of piperazine rings is 1. The number of aromatic amines is 1. The van der Waals surface area contributed by atoms with Crippen LogP contribution in [-0.2, 0) is 9.59 Å². The van der Waals surface area contributed by atoms with Crippen molar-refractivity contribution in [1.29, 1.82) is 0 Å². The molecule has 1 aliphatic rings. The Morgan fingerprint density at radius 1 is 1.17 bits per heavy atom. The molecule has 0 aliphatic carbocycles. The second-order valence-electron chi connectivity index (χ2n) is 7.78. The predicted molar refractivity (Wildman–Crippen MR) is 113 cm³/mol. The average molecular weight is 398 g/mol. The molecule has 7 heteroatoms. The van der Waals surface area contributed by atoms with Gasteiger partial charge in [-0.25, -0.2) is 4.98 Å². The zero-order valence-electron chi connectivity index (χ0n) is 17.5. The number of benzene rings is 1. The number of carbonyl (C=O) groups is 2. The molecule has 154 valence electrons. The molecule has 2 aromatic rings. The highest BCUT2D eigenvalue weighted by molar-refractivity contribution is 5.95. The minimum Gasteiger partial charge on any atom is -0.332 e. The van der Waals surface area contributed by atoms with E-state index in [9.17, 15) is 9.59 Å². The SMILES string of the molecule is Cc1ccc(C)c(NC(=O)CN(C)C(=O)C[NH+]2CCN(c3cccc[nH+]3)CC2)c1. The van der Waals surface area contributed by atoms with Crippen molar-refractivity contribution in [3.63, 3.8) is 0 Å². The van der Waals surface area contributed by atoms with Gasteiger partial charge in [-0.05, 0) is 37.1 Å². The van der Waals surface area contributed by atoms with E-state index in [1.807, 2.05) is 50.4 Å². The maximum Gasteiger partial charge on any atom is 0.277 e. The molecule has 0 spiro atoms. The fourth-order valence-corrected chi connectivity index (χ4v) is 3.53. The molecule has 0 saturated carbocycles. The maximum atomic E-state index is 12.6. The summed E-state index contributed by atoms with van der Waals surface area (Å²) in [6.07, 6.45) is 1.93. The number of rotatable bonds is 6. The third kappa shape index (κ3) is 5.77. The predicted octanol–water partition coefficient (Wildman–Crippen LogP) is -0.0805. The number of H-pyrrole nitrogens is 1. The summed E-state index contributed by atoms with van der Waals surface area (Å²) >= 11 is 0. The smallest absolute Gasteiger partial charge is 0.277 e. The van der Waals surface area contributed by atoms with Crippen LogP contribution in [0.15, 0.2) is 42.6 Å². The molecule has 2 heterocycles. The van der Waals surface area contributed by atoms with E-state index in [-0.39, 0.29) is 18.4 Å². The van der Waals surface area contributed by atoms with Gasteiger partial charge in [-0.15, -0.1) is 0 Å². The normalized spacial score (nSPS) is 14.5. The van der Waals surface area contributed by atoms with Crippen LogP contribution in [0.1, 0.15) is 11.1 Å². The van der Waals surface area contributed by atoms with E-state index in [2.05, 4.69) is 21.3 Å². The number of nitrogens with one attached hydrogen (secondary N) is 3. The van der Waals surface area contributed by atoms with E-state index in [1.54, 1.807) is 7.05 Å². The topological polar surface area (TPSA) is 71.2 Å². The van der Waals surface area contributed by atoms with Crippen molar-refractivity contribution in [2.75, 3.05) is 56.5 Å². The van der Waals surface area contributed by atoms with Gasteiger partial charge in [0, 0.05) is 18.8 Å². The number of amides is 2. The Morgan fingerprint density at radius 3 is 2.62 bits per heavy atom. The number of nitrogens with zero attached hydrogens (tertiary/aromatic N) is 2. The highest BCUT2D eigenvalue weighted by atomic mass is 16.2. The van der Waals surface area contributed by atoms with E-state index >= 15 is 0 Å². The molecule has 0 bridgehead atoms. The number of aryl methyl sites for hydroxylation is 2. The van der Waals surface area contributed by atoms with Gasteiger partial charge in [-0.3, -0.25) is 14.5 Å². The Labute approximate surface area is 172 Å². The van der Waals surface area contributed by atoms with Gasteiger partial charge in [0.25, 0.3) is 11.7 Å². The molecule has 1 fully saturated rings. The van der Waals surface area contributed by atoms with Crippen molar-refractivity contribution < 1.29 is 19.5 Å². The zero-order chi connectivity index (χ0) is 20.8. The number of likely N-dealkylation sites (N-methyl/N-ethyl adjacent to an activating group) is 1. The highest BCUT2D eigenvalue weighted by Gasteiger charge is 2.28.